The summed E-state index contributed by atoms with van der Waals surface area (Å²) in [5.74, 6) is -1.42. The molecule has 2 radical (unpaired) electrons. The van der Waals surface area contributed by atoms with E-state index in [2.05, 4.69) is 20.3 Å². The van der Waals surface area contributed by atoms with Crippen LogP contribution in [0.25, 0.3) is 38.5 Å². The Hall–Kier alpha value is -5.34. The SMILES string of the molecule is COc1cc(-c2csc(-n3c([C@@H](C=[Si])CCCC(=O)Nc4ccc(F)c(F)c4)nc4cc(-c5c(C)noc5C)ccc43)n2)ccc1C(N)=O. The van der Waals surface area contributed by atoms with Gasteiger partial charge in [0.25, 0.3) is 5.91 Å². The third-order valence-corrected chi connectivity index (χ3v) is 9.33. The van der Waals surface area contributed by atoms with Crippen LogP contribution in [0.1, 0.15) is 52.8 Å². The zero-order valence-electron chi connectivity index (χ0n) is 26.7. The number of aromatic nitrogens is 4. The highest BCUT2D eigenvalue weighted by Gasteiger charge is 2.23. The first-order valence-corrected chi connectivity index (χ1v) is 16.7. The summed E-state index contributed by atoms with van der Waals surface area (Å²) in [4.78, 5) is 34.6. The van der Waals surface area contributed by atoms with Gasteiger partial charge in [0.1, 0.15) is 17.3 Å². The summed E-state index contributed by atoms with van der Waals surface area (Å²) in [5.41, 5.74) is 13.4. The summed E-state index contributed by atoms with van der Waals surface area (Å²) in [6.07, 6.45) is 1.17. The molecular weight excluding hydrogens is 667 g/mol. The lowest BCUT2D eigenvalue weighted by Crippen LogP contribution is -2.14. The highest BCUT2D eigenvalue weighted by atomic mass is 32.1. The lowest BCUT2D eigenvalue weighted by Gasteiger charge is -2.14. The van der Waals surface area contributed by atoms with Crippen molar-refractivity contribution in [3.63, 3.8) is 0 Å². The minimum absolute atomic E-state index is 0.149. The first kappa shape index (κ1) is 33.6. The molecule has 0 spiro atoms. The Labute approximate surface area is 287 Å². The Morgan fingerprint density at radius 3 is 2.57 bits per heavy atom. The van der Waals surface area contributed by atoms with E-state index >= 15 is 0 Å². The molecule has 0 unspecified atom stereocenters. The number of anilines is 1. The third-order valence-electron chi connectivity index (χ3n) is 8.10. The second-order valence-electron chi connectivity index (χ2n) is 11.3. The number of benzene rings is 3. The Morgan fingerprint density at radius 1 is 1.08 bits per heavy atom. The largest absolute Gasteiger partial charge is 0.496 e. The summed E-state index contributed by atoms with van der Waals surface area (Å²) in [6.45, 7) is 3.75. The Balaban J connectivity index is 1.34. The standard InChI is InChI=1S/C35H30F2N6O4SSi/c1-18-32(19(2)47-42-18)21-8-12-29-27(13-21)40-34(22(17-49)5-4-6-31(44)39-23-9-11-25(36)26(37)15-23)43(29)35-41-28(16-48-35)20-7-10-24(33(38)45)30(14-20)46-3/h7-17,22H,4-6H2,1-3H3,(H2,38,45)(H,39,44)/t22-/m1/s1. The van der Waals surface area contributed by atoms with Crippen molar-refractivity contribution in [3.05, 3.63) is 94.5 Å². The van der Waals surface area contributed by atoms with Crippen molar-refractivity contribution < 1.29 is 27.6 Å². The summed E-state index contributed by atoms with van der Waals surface area (Å²) in [5, 5.41) is 9.29. The topological polar surface area (TPSA) is 138 Å². The van der Waals surface area contributed by atoms with E-state index in [1.807, 2.05) is 47.7 Å². The van der Waals surface area contributed by atoms with Crippen LogP contribution in [0.2, 0.25) is 0 Å². The van der Waals surface area contributed by atoms with E-state index in [1.165, 1.54) is 24.5 Å². The molecule has 2 amide bonds. The van der Waals surface area contributed by atoms with Crippen molar-refractivity contribution in [3.8, 4) is 33.3 Å². The Morgan fingerprint density at radius 2 is 1.88 bits per heavy atom. The predicted molar refractivity (Wildman–Crippen MR) is 186 cm³/mol. The number of methoxy groups -OCH3 is 1. The molecule has 0 aliphatic rings. The van der Waals surface area contributed by atoms with Gasteiger partial charge in [-0.1, -0.05) is 23.0 Å². The van der Waals surface area contributed by atoms with Gasteiger partial charge in [0.15, 0.2) is 16.8 Å². The maximum Gasteiger partial charge on any atom is 0.252 e. The molecule has 0 fully saturated rings. The number of carbonyl (C=O) groups is 2. The number of nitrogens with one attached hydrogen (secondary N) is 1. The van der Waals surface area contributed by atoms with Gasteiger partial charge in [0.2, 0.25) is 5.91 Å². The Kier molecular flexibility index (Phi) is 9.60. The van der Waals surface area contributed by atoms with E-state index in [-0.39, 0.29) is 29.5 Å². The van der Waals surface area contributed by atoms with Crippen LogP contribution in [0.15, 0.2) is 64.5 Å². The average molecular weight is 697 g/mol. The van der Waals surface area contributed by atoms with Crippen molar-refractivity contribution in [2.45, 2.75) is 39.0 Å². The van der Waals surface area contributed by atoms with Crippen molar-refractivity contribution in [1.82, 2.24) is 19.7 Å². The molecule has 14 heteroatoms. The fourth-order valence-electron chi connectivity index (χ4n) is 5.72. The van der Waals surface area contributed by atoms with Gasteiger partial charge in [-0.05, 0) is 68.7 Å². The number of nitrogens with two attached hydrogens (primary N) is 1. The molecule has 49 heavy (non-hydrogen) atoms. The smallest absolute Gasteiger partial charge is 0.252 e. The van der Waals surface area contributed by atoms with Gasteiger partial charge in [-0.2, -0.15) is 0 Å². The molecule has 0 bridgehead atoms. The fourth-order valence-corrected chi connectivity index (χ4v) is 6.89. The number of imidazole rings is 1. The molecule has 3 aromatic heterocycles. The molecule has 0 aliphatic heterocycles. The molecule has 0 aliphatic carbocycles. The second kappa shape index (κ2) is 14.0. The van der Waals surface area contributed by atoms with E-state index in [4.69, 9.17) is 25.0 Å². The number of aryl methyl sites for hydroxylation is 2. The number of fused-ring (bicyclic) bond motifs is 1. The number of rotatable bonds is 12. The van der Waals surface area contributed by atoms with Crippen molar-refractivity contribution in [2.24, 2.45) is 5.73 Å². The fraction of sp³-hybridized carbons (Fsp3) is 0.200. The molecule has 10 nitrogen and oxygen atoms in total. The highest BCUT2D eigenvalue weighted by molar-refractivity contribution is 7.12. The third kappa shape index (κ3) is 6.82. The lowest BCUT2D eigenvalue weighted by molar-refractivity contribution is -0.116. The first-order valence-electron chi connectivity index (χ1n) is 15.2. The summed E-state index contributed by atoms with van der Waals surface area (Å²) < 4.78 is 39.8. The lowest BCUT2D eigenvalue weighted by atomic mass is 10.0. The Bertz CT molecular complexity index is 2210. The van der Waals surface area contributed by atoms with Gasteiger partial charge in [-0.3, -0.25) is 14.2 Å². The van der Waals surface area contributed by atoms with Gasteiger partial charge in [-0.25, -0.2) is 18.7 Å². The molecule has 6 aromatic rings. The number of halogens is 2. The zero-order valence-corrected chi connectivity index (χ0v) is 28.5. The van der Waals surface area contributed by atoms with Crippen LogP contribution in [0.5, 0.6) is 5.75 Å². The monoisotopic (exact) mass is 696 g/mol. The van der Waals surface area contributed by atoms with E-state index in [0.717, 1.165) is 45.6 Å². The molecule has 3 N–H and O–H groups in total. The van der Waals surface area contributed by atoms with Crippen molar-refractivity contribution in [1.29, 1.82) is 0 Å². The maximum atomic E-state index is 13.6. The van der Waals surface area contributed by atoms with Gasteiger partial charge in [0.05, 0.1) is 35.1 Å². The summed E-state index contributed by atoms with van der Waals surface area (Å²) >= 11 is 1.43. The molecule has 1 atom stereocenters. The molecule has 6 rings (SSSR count). The highest BCUT2D eigenvalue weighted by Crippen LogP contribution is 2.36. The second-order valence-corrected chi connectivity index (χ2v) is 12.5. The van der Waals surface area contributed by atoms with Crippen molar-refractivity contribution >= 4 is 55.4 Å². The zero-order chi connectivity index (χ0) is 34.8. The summed E-state index contributed by atoms with van der Waals surface area (Å²) in [6, 6.07) is 14.3. The molecular formula is C35H30F2N6O4SSi. The van der Waals surface area contributed by atoms with Crippen molar-refractivity contribution in [2.75, 3.05) is 12.4 Å². The number of hydrogen-bond donors (Lipinski definition) is 2. The number of hydrogen-bond acceptors (Lipinski definition) is 8. The maximum absolute atomic E-state index is 13.6. The minimum Gasteiger partial charge on any atom is -0.496 e. The van der Waals surface area contributed by atoms with Crippen LogP contribution in [-0.4, -0.2) is 54.1 Å². The number of primary amides is 1. The predicted octanol–water partition coefficient (Wildman–Crippen LogP) is 6.67. The van der Waals surface area contributed by atoms with Gasteiger partial charge < -0.3 is 20.3 Å². The van der Waals surface area contributed by atoms with Gasteiger partial charge in [-0.15, -0.1) is 11.3 Å². The molecule has 0 saturated heterocycles. The minimum atomic E-state index is -1.03. The normalized spacial score (nSPS) is 11.9. The van der Waals surface area contributed by atoms with Gasteiger partial charge in [0, 0.05) is 50.5 Å². The number of carbonyl (C=O) groups excluding carboxylic acids is 2. The molecule has 0 saturated carbocycles. The van der Waals surface area contributed by atoms with Gasteiger partial charge >= 0.3 is 0 Å². The molecule has 3 aromatic carbocycles. The van der Waals surface area contributed by atoms with Crippen LogP contribution in [-0.2, 0) is 4.79 Å². The van der Waals surface area contributed by atoms with E-state index < -0.39 is 17.5 Å². The van der Waals surface area contributed by atoms with Crippen LogP contribution >= 0.6 is 11.3 Å². The van der Waals surface area contributed by atoms with E-state index in [0.29, 0.717) is 41.0 Å². The molecule has 3 heterocycles. The number of thiazole rings is 1. The number of amides is 2. The van der Waals surface area contributed by atoms with E-state index in [9.17, 15) is 18.4 Å². The number of ether oxygens (including phenoxy) is 1. The van der Waals surface area contributed by atoms with E-state index in [1.54, 1.807) is 18.2 Å². The average Bonchev–Trinajstić information content (AvgIpc) is 3.80. The first-order chi connectivity index (χ1) is 23.6. The quantitative estimate of drug-likeness (QED) is 0.136. The summed E-state index contributed by atoms with van der Waals surface area (Å²) in [7, 11) is 5.08. The molecule has 248 valence electrons. The number of nitrogens with zero attached hydrogens (tertiary/aromatic N) is 4. The van der Waals surface area contributed by atoms with Crippen LogP contribution in [0.4, 0.5) is 14.5 Å². The van der Waals surface area contributed by atoms with Crippen LogP contribution < -0.4 is 15.8 Å². The van der Waals surface area contributed by atoms with Crippen LogP contribution in [0, 0.1) is 25.5 Å². The van der Waals surface area contributed by atoms with Crippen LogP contribution in [0.3, 0.4) is 0 Å².